The Labute approximate surface area is 179 Å². The van der Waals surface area contributed by atoms with Crippen LogP contribution in [0.3, 0.4) is 0 Å². The van der Waals surface area contributed by atoms with Gasteiger partial charge in [-0.2, -0.15) is 13.2 Å². The molecule has 1 saturated heterocycles. The second kappa shape index (κ2) is 8.75. The Kier molecular flexibility index (Phi) is 6.25. The number of rotatable bonds is 4. The molecule has 0 amide bonds. The first kappa shape index (κ1) is 21.4. The van der Waals surface area contributed by atoms with E-state index in [1.807, 2.05) is 29.2 Å². The fourth-order valence-electron chi connectivity index (χ4n) is 4.02. The van der Waals surface area contributed by atoms with E-state index in [0.717, 1.165) is 60.1 Å². The van der Waals surface area contributed by atoms with Crippen LogP contribution in [0.2, 0.25) is 0 Å². The normalized spacial score (nSPS) is 20.1. The smallest absolute Gasteiger partial charge is 0.379 e. The summed E-state index contributed by atoms with van der Waals surface area (Å²) in [5.74, 6) is 0. The van der Waals surface area contributed by atoms with E-state index in [1.54, 1.807) is 13.0 Å². The molecule has 0 radical (unpaired) electrons. The largest absolute Gasteiger partial charge is 0.416 e. The lowest BCUT2D eigenvalue weighted by Crippen LogP contribution is -2.49. The predicted octanol–water partition coefficient (Wildman–Crippen LogP) is 4.95. The molecule has 0 spiro atoms. The van der Waals surface area contributed by atoms with E-state index < -0.39 is 18.0 Å². The average Bonchev–Trinajstić information content (AvgIpc) is 2.72. The second-order valence-corrected chi connectivity index (χ2v) is 8.81. The Morgan fingerprint density at radius 2 is 1.73 bits per heavy atom. The Hall–Kier alpha value is -1.80. The molecule has 1 fully saturated rings. The maximum absolute atomic E-state index is 13.3. The number of piperazine rings is 1. The summed E-state index contributed by atoms with van der Waals surface area (Å²) < 4.78 is 39.9. The van der Waals surface area contributed by atoms with Gasteiger partial charge < -0.3 is 10.0 Å². The van der Waals surface area contributed by atoms with Crippen LogP contribution in [0, 0.1) is 0 Å². The minimum Gasteiger partial charge on any atom is -0.379 e. The molecule has 2 aliphatic heterocycles. The number of aliphatic hydroxyl groups is 1. The summed E-state index contributed by atoms with van der Waals surface area (Å²) in [6.45, 7) is 6.05. The van der Waals surface area contributed by atoms with Crippen LogP contribution < -0.4 is 0 Å². The third-order valence-corrected chi connectivity index (χ3v) is 6.88. The molecule has 2 heterocycles. The van der Waals surface area contributed by atoms with Gasteiger partial charge in [-0.25, -0.2) is 0 Å². The van der Waals surface area contributed by atoms with Crippen molar-refractivity contribution in [1.82, 2.24) is 9.80 Å². The number of aliphatic hydroxyl groups excluding tert-OH is 1. The molecule has 0 aromatic heterocycles. The molecular weight excluding hydrogens is 409 g/mol. The fraction of sp³-hybridized carbons (Fsp3) is 0.391. The first-order valence-electron chi connectivity index (χ1n) is 10.2. The van der Waals surface area contributed by atoms with Crippen molar-refractivity contribution in [2.24, 2.45) is 0 Å². The monoisotopic (exact) mass is 434 g/mol. The number of benzene rings is 2. The van der Waals surface area contributed by atoms with Gasteiger partial charge in [0.1, 0.15) is 6.23 Å². The quantitative estimate of drug-likeness (QED) is 0.629. The van der Waals surface area contributed by atoms with E-state index in [2.05, 4.69) is 11.0 Å². The van der Waals surface area contributed by atoms with Crippen LogP contribution in [0.25, 0.3) is 5.57 Å². The molecule has 0 saturated carbocycles. The molecule has 2 aliphatic rings. The highest BCUT2D eigenvalue weighted by molar-refractivity contribution is 7.99. The standard InChI is InChI=1S/C23H25F3N2OS/c1-16(29)28-13-11-27(12-14-28)10-4-6-18-19-5-2-3-7-21(19)30-22-9-8-17(15-20(18)22)23(24,25)26/h2-3,5-9,15-16,29H,4,10-14H2,1H3/b18-6-. The van der Waals surface area contributed by atoms with Crippen LogP contribution >= 0.6 is 11.8 Å². The highest BCUT2D eigenvalue weighted by Crippen LogP contribution is 2.47. The van der Waals surface area contributed by atoms with Gasteiger partial charge in [0.2, 0.25) is 0 Å². The molecule has 7 heteroatoms. The molecule has 1 atom stereocenters. The molecule has 0 aliphatic carbocycles. The van der Waals surface area contributed by atoms with Crippen molar-refractivity contribution < 1.29 is 18.3 Å². The van der Waals surface area contributed by atoms with Gasteiger partial charge in [-0.15, -0.1) is 0 Å². The molecule has 160 valence electrons. The molecule has 1 N–H and O–H groups in total. The van der Waals surface area contributed by atoms with Gasteiger partial charge in [0.15, 0.2) is 0 Å². The summed E-state index contributed by atoms with van der Waals surface area (Å²) in [5.41, 5.74) is 1.93. The second-order valence-electron chi connectivity index (χ2n) is 7.72. The zero-order valence-electron chi connectivity index (χ0n) is 16.8. The SMILES string of the molecule is CC(O)N1CCN(CC/C=C2/c3ccccc3Sc3ccc(C(F)(F)F)cc32)CC1. The lowest BCUT2D eigenvalue weighted by molar-refractivity contribution is -0.137. The zero-order valence-corrected chi connectivity index (χ0v) is 17.6. The van der Waals surface area contributed by atoms with Gasteiger partial charge in [0, 0.05) is 42.5 Å². The van der Waals surface area contributed by atoms with Crippen LogP contribution in [-0.2, 0) is 6.18 Å². The lowest BCUT2D eigenvalue weighted by atomic mass is 9.94. The van der Waals surface area contributed by atoms with E-state index in [1.165, 1.54) is 23.9 Å². The molecule has 3 nitrogen and oxygen atoms in total. The summed E-state index contributed by atoms with van der Waals surface area (Å²) in [5, 5.41) is 9.69. The Bertz CT molecular complexity index is 934. The third kappa shape index (κ3) is 4.59. The Morgan fingerprint density at radius 1 is 1.03 bits per heavy atom. The number of hydrogen-bond donors (Lipinski definition) is 1. The van der Waals surface area contributed by atoms with Gasteiger partial charge in [0.05, 0.1) is 5.56 Å². The molecule has 0 bridgehead atoms. The van der Waals surface area contributed by atoms with Crippen LogP contribution in [-0.4, -0.2) is 53.9 Å². The first-order chi connectivity index (χ1) is 14.3. The maximum Gasteiger partial charge on any atom is 0.416 e. The summed E-state index contributed by atoms with van der Waals surface area (Å²) in [6, 6.07) is 11.9. The number of fused-ring (bicyclic) bond motifs is 2. The van der Waals surface area contributed by atoms with Crippen LogP contribution in [0.4, 0.5) is 13.2 Å². The summed E-state index contributed by atoms with van der Waals surface area (Å²) in [6.07, 6.45) is -1.94. The third-order valence-electron chi connectivity index (χ3n) is 5.72. The summed E-state index contributed by atoms with van der Waals surface area (Å²) >= 11 is 1.52. The zero-order chi connectivity index (χ0) is 21.3. The van der Waals surface area contributed by atoms with Crippen molar-refractivity contribution >= 4 is 17.3 Å². The van der Waals surface area contributed by atoms with Crippen LogP contribution in [0.15, 0.2) is 58.3 Å². The van der Waals surface area contributed by atoms with Crippen LogP contribution in [0.1, 0.15) is 30.0 Å². The molecular formula is C23H25F3N2OS. The molecule has 30 heavy (non-hydrogen) atoms. The van der Waals surface area contributed by atoms with E-state index >= 15 is 0 Å². The Balaban J connectivity index is 1.56. The topological polar surface area (TPSA) is 26.7 Å². The minimum atomic E-state index is -4.36. The molecule has 1 unspecified atom stereocenters. The number of halogens is 3. The van der Waals surface area contributed by atoms with Crippen molar-refractivity contribution in [3.05, 3.63) is 65.2 Å². The van der Waals surface area contributed by atoms with Crippen molar-refractivity contribution in [2.75, 3.05) is 32.7 Å². The van der Waals surface area contributed by atoms with Gasteiger partial charge in [-0.05, 0) is 54.3 Å². The van der Waals surface area contributed by atoms with Crippen molar-refractivity contribution in [2.45, 2.75) is 35.5 Å². The maximum atomic E-state index is 13.3. The van der Waals surface area contributed by atoms with E-state index in [9.17, 15) is 18.3 Å². The fourth-order valence-corrected chi connectivity index (χ4v) is 5.11. The predicted molar refractivity (Wildman–Crippen MR) is 113 cm³/mol. The average molecular weight is 435 g/mol. The van der Waals surface area contributed by atoms with Gasteiger partial charge in [0.25, 0.3) is 0 Å². The first-order valence-corrected chi connectivity index (χ1v) is 11.0. The number of hydrogen-bond acceptors (Lipinski definition) is 4. The number of alkyl halides is 3. The molecule has 2 aromatic carbocycles. The van der Waals surface area contributed by atoms with E-state index in [-0.39, 0.29) is 0 Å². The van der Waals surface area contributed by atoms with E-state index in [0.29, 0.717) is 5.56 Å². The summed E-state index contributed by atoms with van der Waals surface area (Å²) in [4.78, 5) is 6.31. The van der Waals surface area contributed by atoms with Gasteiger partial charge in [-0.3, -0.25) is 4.90 Å². The highest BCUT2D eigenvalue weighted by atomic mass is 32.2. The molecule has 2 aromatic rings. The van der Waals surface area contributed by atoms with Gasteiger partial charge >= 0.3 is 6.18 Å². The van der Waals surface area contributed by atoms with E-state index in [4.69, 9.17) is 0 Å². The Morgan fingerprint density at radius 3 is 2.43 bits per heavy atom. The minimum absolute atomic E-state index is 0.426. The van der Waals surface area contributed by atoms with Gasteiger partial charge in [-0.1, -0.05) is 36.0 Å². The van der Waals surface area contributed by atoms with Crippen LogP contribution in [0.5, 0.6) is 0 Å². The lowest BCUT2D eigenvalue weighted by Gasteiger charge is -2.36. The molecule has 4 rings (SSSR count). The highest BCUT2D eigenvalue weighted by Gasteiger charge is 2.32. The van der Waals surface area contributed by atoms with Crippen molar-refractivity contribution in [3.8, 4) is 0 Å². The van der Waals surface area contributed by atoms with Crippen molar-refractivity contribution in [3.63, 3.8) is 0 Å². The number of nitrogens with zero attached hydrogens (tertiary/aromatic N) is 2. The van der Waals surface area contributed by atoms with Crippen molar-refractivity contribution in [1.29, 1.82) is 0 Å². The summed E-state index contributed by atoms with van der Waals surface area (Å²) in [7, 11) is 0.